The molecule has 0 saturated heterocycles. The van der Waals surface area contributed by atoms with E-state index in [4.69, 9.17) is 5.11 Å². The Kier molecular flexibility index (Phi) is 5.17. The average Bonchev–Trinajstić information content (AvgIpc) is 2.60. The van der Waals surface area contributed by atoms with Crippen LogP contribution >= 0.6 is 0 Å². The third-order valence-electron chi connectivity index (χ3n) is 4.04. The summed E-state index contributed by atoms with van der Waals surface area (Å²) in [7, 11) is 0. The van der Waals surface area contributed by atoms with Gasteiger partial charge in [0, 0.05) is 25.3 Å². The number of hydrogen-bond donors (Lipinski definition) is 2. The van der Waals surface area contributed by atoms with Crippen LogP contribution in [0.3, 0.4) is 0 Å². The number of rotatable bonds is 5. The molecule has 2 aromatic rings. The zero-order valence-electron chi connectivity index (χ0n) is 14.1. The van der Waals surface area contributed by atoms with E-state index in [1.54, 1.807) is 18.3 Å². The van der Waals surface area contributed by atoms with Gasteiger partial charge in [0.25, 0.3) is 0 Å². The van der Waals surface area contributed by atoms with Gasteiger partial charge in [-0.1, -0.05) is 6.07 Å². The molecule has 0 unspecified atom stereocenters. The number of aliphatic hydroxyl groups excluding tert-OH is 1. The zero-order chi connectivity index (χ0) is 18.7. The normalized spacial score (nSPS) is 15.3. The van der Waals surface area contributed by atoms with Gasteiger partial charge in [-0.2, -0.15) is 4.98 Å². The molecule has 3 rings (SSSR count). The minimum Gasteiger partial charge on any atom is -0.406 e. The fourth-order valence-corrected chi connectivity index (χ4v) is 2.78. The molecule has 0 fully saturated rings. The van der Waals surface area contributed by atoms with Gasteiger partial charge in [0.15, 0.2) is 0 Å². The molecule has 0 aliphatic carbocycles. The highest BCUT2D eigenvalue weighted by atomic mass is 19.4. The number of benzene rings is 1. The Morgan fingerprint density at radius 3 is 2.85 bits per heavy atom. The second kappa shape index (κ2) is 7.36. The number of aliphatic hydroxyl groups is 1. The molecule has 6 nitrogen and oxygen atoms in total. The minimum atomic E-state index is -4.69. The van der Waals surface area contributed by atoms with Crippen molar-refractivity contribution in [2.75, 3.05) is 23.4 Å². The number of hydrogen-bond acceptors (Lipinski definition) is 6. The zero-order valence-corrected chi connectivity index (χ0v) is 14.1. The first-order valence-electron chi connectivity index (χ1n) is 8.17. The molecule has 9 heteroatoms. The van der Waals surface area contributed by atoms with Crippen LogP contribution in [0.1, 0.15) is 18.1 Å². The number of ether oxygens (including phenoxy) is 1. The molecule has 2 N–H and O–H groups in total. The number of aromatic nitrogens is 2. The van der Waals surface area contributed by atoms with Crippen LogP contribution in [-0.2, 0) is 13.0 Å². The van der Waals surface area contributed by atoms with E-state index in [1.807, 2.05) is 11.8 Å². The van der Waals surface area contributed by atoms with Gasteiger partial charge in [-0.3, -0.25) is 0 Å². The van der Waals surface area contributed by atoms with E-state index in [0.717, 1.165) is 11.1 Å². The van der Waals surface area contributed by atoms with E-state index >= 15 is 0 Å². The van der Waals surface area contributed by atoms with Crippen LogP contribution in [0.5, 0.6) is 5.75 Å². The van der Waals surface area contributed by atoms with Crippen LogP contribution < -0.4 is 15.0 Å². The summed E-state index contributed by atoms with van der Waals surface area (Å²) in [5.41, 5.74) is 1.77. The SMILES string of the molecule is C[C@H](CO)Nc1nccc(N2CCc3cc(OC(F)(F)F)ccc3C2)n1. The van der Waals surface area contributed by atoms with Crippen molar-refractivity contribution >= 4 is 11.8 Å². The fraction of sp³-hybridized carbons (Fsp3) is 0.412. The van der Waals surface area contributed by atoms with Crippen molar-refractivity contribution in [3.8, 4) is 5.75 Å². The van der Waals surface area contributed by atoms with Crippen molar-refractivity contribution in [3.63, 3.8) is 0 Å². The lowest BCUT2D eigenvalue weighted by Gasteiger charge is -2.30. The Bertz CT molecular complexity index is 770. The monoisotopic (exact) mass is 368 g/mol. The highest BCUT2D eigenvalue weighted by molar-refractivity contribution is 5.48. The molecular weight excluding hydrogens is 349 g/mol. The summed E-state index contributed by atoms with van der Waals surface area (Å²) in [6, 6.07) is 6.03. The first-order chi connectivity index (χ1) is 12.3. The van der Waals surface area contributed by atoms with E-state index in [2.05, 4.69) is 20.0 Å². The summed E-state index contributed by atoms with van der Waals surface area (Å²) in [4.78, 5) is 10.6. The highest BCUT2D eigenvalue weighted by Crippen LogP contribution is 2.29. The number of nitrogens with one attached hydrogen (secondary N) is 1. The number of fused-ring (bicyclic) bond motifs is 1. The van der Waals surface area contributed by atoms with Crippen LogP contribution in [0.2, 0.25) is 0 Å². The number of alkyl halides is 3. The van der Waals surface area contributed by atoms with Crippen molar-refractivity contribution in [1.82, 2.24) is 9.97 Å². The number of nitrogens with zero attached hydrogens (tertiary/aromatic N) is 3. The van der Waals surface area contributed by atoms with E-state index in [-0.39, 0.29) is 18.4 Å². The van der Waals surface area contributed by atoms with Gasteiger partial charge in [-0.25, -0.2) is 4.98 Å². The maximum Gasteiger partial charge on any atom is 0.573 e. The van der Waals surface area contributed by atoms with Gasteiger partial charge >= 0.3 is 6.36 Å². The quantitative estimate of drug-likeness (QED) is 0.846. The molecule has 26 heavy (non-hydrogen) atoms. The topological polar surface area (TPSA) is 70.5 Å². The van der Waals surface area contributed by atoms with Gasteiger partial charge in [0.2, 0.25) is 5.95 Å². The van der Waals surface area contributed by atoms with Crippen molar-refractivity contribution in [3.05, 3.63) is 41.6 Å². The van der Waals surface area contributed by atoms with Crippen LogP contribution in [0, 0.1) is 0 Å². The predicted octanol–water partition coefficient (Wildman–Crippen LogP) is 2.73. The lowest BCUT2D eigenvalue weighted by Crippen LogP contribution is -2.31. The Labute approximate surface area is 148 Å². The summed E-state index contributed by atoms with van der Waals surface area (Å²) in [5.74, 6) is 0.939. The van der Waals surface area contributed by atoms with Crippen LogP contribution in [0.15, 0.2) is 30.5 Å². The third kappa shape index (κ3) is 4.54. The summed E-state index contributed by atoms with van der Waals surface area (Å²) in [5, 5.41) is 12.1. The van der Waals surface area contributed by atoms with Crippen LogP contribution in [0.4, 0.5) is 24.9 Å². The second-order valence-electron chi connectivity index (χ2n) is 6.12. The van der Waals surface area contributed by atoms with E-state index in [9.17, 15) is 13.2 Å². The molecule has 0 spiro atoms. The first-order valence-corrected chi connectivity index (χ1v) is 8.17. The minimum absolute atomic E-state index is 0.0347. The standard InChI is InChI=1S/C17H19F3N4O2/c1-11(10-25)22-16-21-6-4-15(23-16)24-7-5-12-8-14(26-17(18,19)20)3-2-13(12)9-24/h2-4,6,8,11,25H,5,7,9-10H2,1H3,(H,21,22,23)/t11-/m1/s1. The van der Waals surface area contributed by atoms with Crippen molar-refractivity contribution < 1.29 is 23.0 Å². The summed E-state index contributed by atoms with van der Waals surface area (Å²) < 4.78 is 41.0. The number of anilines is 2. The Morgan fingerprint density at radius 2 is 2.12 bits per heavy atom. The van der Waals surface area contributed by atoms with Crippen LogP contribution in [0.25, 0.3) is 0 Å². The smallest absolute Gasteiger partial charge is 0.406 e. The lowest BCUT2D eigenvalue weighted by atomic mass is 9.99. The van der Waals surface area contributed by atoms with Gasteiger partial charge in [0.1, 0.15) is 11.6 Å². The second-order valence-corrected chi connectivity index (χ2v) is 6.12. The van der Waals surface area contributed by atoms with Gasteiger partial charge in [-0.15, -0.1) is 13.2 Å². The molecule has 0 bridgehead atoms. The lowest BCUT2D eigenvalue weighted by molar-refractivity contribution is -0.274. The fourth-order valence-electron chi connectivity index (χ4n) is 2.78. The molecule has 1 aromatic heterocycles. The van der Waals surface area contributed by atoms with Crippen molar-refractivity contribution in [2.24, 2.45) is 0 Å². The molecule has 140 valence electrons. The molecule has 1 atom stereocenters. The van der Waals surface area contributed by atoms with E-state index in [0.29, 0.717) is 31.3 Å². The summed E-state index contributed by atoms with van der Waals surface area (Å²) >= 11 is 0. The van der Waals surface area contributed by atoms with Crippen molar-refractivity contribution in [1.29, 1.82) is 0 Å². The molecule has 0 amide bonds. The molecule has 1 aliphatic heterocycles. The highest BCUT2D eigenvalue weighted by Gasteiger charge is 2.31. The van der Waals surface area contributed by atoms with Crippen LogP contribution in [-0.4, -0.2) is 40.6 Å². The molecular formula is C17H19F3N4O2. The molecule has 1 aromatic carbocycles. The summed E-state index contributed by atoms with van der Waals surface area (Å²) in [6.07, 6.45) is -2.47. The average molecular weight is 368 g/mol. The van der Waals surface area contributed by atoms with Gasteiger partial charge < -0.3 is 20.1 Å². The summed E-state index contributed by atoms with van der Waals surface area (Å²) in [6.45, 7) is 2.93. The van der Waals surface area contributed by atoms with E-state index in [1.165, 1.54) is 12.1 Å². The Morgan fingerprint density at radius 1 is 1.31 bits per heavy atom. The maximum absolute atomic E-state index is 12.3. The first kappa shape index (κ1) is 18.2. The van der Waals surface area contributed by atoms with Gasteiger partial charge in [-0.05, 0) is 42.7 Å². The largest absolute Gasteiger partial charge is 0.573 e. The Hall–Kier alpha value is -2.55. The third-order valence-corrected chi connectivity index (χ3v) is 4.04. The maximum atomic E-state index is 12.3. The van der Waals surface area contributed by atoms with Crippen molar-refractivity contribution in [2.45, 2.75) is 32.3 Å². The molecule has 2 heterocycles. The Balaban J connectivity index is 1.73. The van der Waals surface area contributed by atoms with Gasteiger partial charge in [0.05, 0.1) is 6.61 Å². The molecule has 0 saturated carbocycles. The predicted molar refractivity (Wildman–Crippen MR) is 90.1 cm³/mol. The van der Waals surface area contributed by atoms with E-state index < -0.39 is 6.36 Å². The number of halogens is 3. The molecule has 1 aliphatic rings. The molecule has 0 radical (unpaired) electrons.